The van der Waals surface area contributed by atoms with Crippen LogP contribution in [-0.4, -0.2) is 11.9 Å². The van der Waals surface area contributed by atoms with Crippen molar-refractivity contribution < 1.29 is 4.79 Å². The number of carbonyl (C=O) groups is 1. The molecule has 0 radical (unpaired) electrons. The normalized spacial score (nSPS) is 10.9. The molecule has 0 saturated heterocycles. The van der Waals surface area contributed by atoms with Gasteiger partial charge in [0.15, 0.2) is 0 Å². The zero-order valence-corrected chi connectivity index (χ0v) is 10.4. The van der Waals surface area contributed by atoms with E-state index >= 15 is 0 Å². The molecule has 0 aliphatic heterocycles. The maximum absolute atomic E-state index is 11.8. The predicted molar refractivity (Wildman–Crippen MR) is 71.5 cm³/mol. The average Bonchev–Trinajstić information content (AvgIpc) is 2.32. The maximum Gasteiger partial charge on any atom is 0.267 e. The van der Waals surface area contributed by atoms with Crippen molar-refractivity contribution in [3.63, 3.8) is 0 Å². The second-order valence-corrected chi connectivity index (χ2v) is 4.07. The number of anilines is 2. The summed E-state index contributed by atoms with van der Waals surface area (Å²) in [7, 11) is 0. The highest BCUT2D eigenvalue weighted by Gasteiger charge is 2.09. The minimum atomic E-state index is -0.449. The molecule has 5 heteroatoms. The van der Waals surface area contributed by atoms with Crippen molar-refractivity contribution in [3.05, 3.63) is 36.0 Å². The average molecular weight is 244 g/mol. The Bertz CT molecular complexity index is 483. The van der Waals surface area contributed by atoms with Crippen molar-refractivity contribution in [2.45, 2.75) is 19.9 Å². The van der Waals surface area contributed by atoms with E-state index in [9.17, 15) is 4.79 Å². The van der Waals surface area contributed by atoms with Gasteiger partial charge in [-0.3, -0.25) is 4.79 Å². The molecule has 1 amide bonds. The first-order chi connectivity index (χ1) is 8.52. The Morgan fingerprint density at radius 3 is 2.50 bits per heavy atom. The van der Waals surface area contributed by atoms with E-state index < -0.39 is 5.91 Å². The number of benzene rings is 1. The number of nitrogens with one attached hydrogen (secondary N) is 2. The highest BCUT2D eigenvalue weighted by Crippen LogP contribution is 2.11. The third kappa shape index (κ3) is 4.18. The van der Waals surface area contributed by atoms with Gasteiger partial charge in [-0.15, -0.1) is 0 Å². The minimum Gasteiger partial charge on any atom is -0.399 e. The van der Waals surface area contributed by atoms with Crippen LogP contribution >= 0.6 is 0 Å². The van der Waals surface area contributed by atoms with Crippen molar-refractivity contribution in [2.24, 2.45) is 0 Å². The van der Waals surface area contributed by atoms with Crippen LogP contribution in [0.3, 0.4) is 0 Å². The van der Waals surface area contributed by atoms with Gasteiger partial charge in [0, 0.05) is 23.6 Å². The van der Waals surface area contributed by atoms with Crippen LogP contribution in [0, 0.1) is 11.3 Å². The van der Waals surface area contributed by atoms with Crippen LogP contribution in [0.2, 0.25) is 0 Å². The van der Waals surface area contributed by atoms with Crippen molar-refractivity contribution >= 4 is 17.3 Å². The highest BCUT2D eigenvalue weighted by molar-refractivity contribution is 6.06. The molecule has 0 unspecified atom stereocenters. The summed E-state index contributed by atoms with van der Waals surface area (Å²) in [5.41, 5.74) is 6.78. The van der Waals surface area contributed by atoms with E-state index in [1.54, 1.807) is 24.3 Å². The molecular weight excluding hydrogens is 228 g/mol. The molecule has 0 heterocycles. The predicted octanol–water partition coefficient (Wildman–Crippen LogP) is 1.61. The van der Waals surface area contributed by atoms with Gasteiger partial charge in [0.25, 0.3) is 5.91 Å². The fourth-order valence-electron chi connectivity index (χ4n) is 1.16. The fourth-order valence-corrected chi connectivity index (χ4v) is 1.16. The Morgan fingerprint density at radius 1 is 1.39 bits per heavy atom. The lowest BCUT2D eigenvalue weighted by Gasteiger charge is -2.06. The molecule has 18 heavy (non-hydrogen) atoms. The standard InChI is InChI=1S/C13H16N4O/c1-9(2)16-8-10(7-14)13(18)17-12-5-3-11(15)4-6-12/h3-6,8-9,16H,15H2,1-2H3,(H,17,18)/b10-8-. The van der Waals surface area contributed by atoms with Crippen LogP contribution in [0.25, 0.3) is 0 Å². The van der Waals surface area contributed by atoms with Gasteiger partial charge in [-0.2, -0.15) is 5.26 Å². The molecule has 0 aliphatic rings. The van der Waals surface area contributed by atoms with E-state index in [0.717, 1.165) is 0 Å². The molecule has 0 aromatic heterocycles. The molecule has 0 spiro atoms. The Balaban J connectivity index is 2.72. The molecule has 0 aliphatic carbocycles. The zero-order valence-electron chi connectivity index (χ0n) is 10.4. The smallest absolute Gasteiger partial charge is 0.267 e. The second-order valence-electron chi connectivity index (χ2n) is 4.07. The number of hydrogen-bond acceptors (Lipinski definition) is 4. The van der Waals surface area contributed by atoms with Crippen LogP contribution in [-0.2, 0) is 4.79 Å². The molecule has 0 fully saturated rings. The molecule has 5 nitrogen and oxygen atoms in total. The summed E-state index contributed by atoms with van der Waals surface area (Å²) in [4.78, 5) is 11.8. The van der Waals surface area contributed by atoms with Gasteiger partial charge in [0.2, 0.25) is 0 Å². The van der Waals surface area contributed by atoms with Crippen LogP contribution in [0.15, 0.2) is 36.0 Å². The van der Waals surface area contributed by atoms with Gasteiger partial charge in [-0.05, 0) is 38.1 Å². The number of nitrogens with two attached hydrogens (primary N) is 1. The number of amides is 1. The van der Waals surface area contributed by atoms with Crippen molar-refractivity contribution in [3.8, 4) is 6.07 Å². The Hall–Kier alpha value is -2.48. The molecule has 0 saturated carbocycles. The summed E-state index contributed by atoms with van der Waals surface area (Å²) in [6.45, 7) is 3.84. The van der Waals surface area contributed by atoms with E-state index in [0.29, 0.717) is 11.4 Å². The summed E-state index contributed by atoms with van der Waals surface area (Å²) in [6.07, 6.45) is 1.41. The van der Waals surface area contributed by atoms with E-state index in [-0.39, 0.29) is 11.6 Å². The second kappa shape index (κ2) is 6.30. The van der Waals surface area contributed by atoms with E-state index in [1.165, 1.54) is 6.20 Å². The van der Waals surface area contributed by atoms with Crippen LogP contribution in [0.1, 0.15) is 13.8 Å². The Labute approximate surface area is 106 Å². The summed E-state index contributed by atoms with van der Waals surface area (Å²) < 4.78 is 0. The number of nitriles is 1. The summed E-state index contributed by atoms with van der Waals surface area (Å²) >= 11 is 0. The monoisotopic (exact) mass is 244 g/mol. The van der Waals surface area contributed by atoms with Crippen molar-refractivity contribution in [2.75, 3.05) is 11.1 Å². The van der Waals surface area contributed by atoms with Crippen molar-refractivity contribution in [1.29, 1.82) is 5.26 Å². The number of rotatable bonds is 4. The van der Waals surface area contributed by atoms with Crippen LogP contribution in [0.4, 0.5) is 11.4 Å². The number of nitrogens with zero attached hydrogens (tertiary/aromatic N) is 1. The lowest BCUT2D eigenvalue weighted by atomic mass is 10.2. The van der Waals surface area contributed by atoms with Crippen LogP contribution in [0.5, 0.6) is 0 Å². The molecular formula is C13H16N4O. The lowest BCUT2D eigenvalue weighted by Crippen LogP contribution is -2.20. The highest BCUT2D eigenvalue weighted by atomic mass is 16.1. The van der Waals surface area contributed by atoms with Gasteiger partial charge in [0.05, 0.1) is 0 Å². The van der Waals surface area contributed by atoms with Gasteiger partial charge >= 0.3 is 0 Å². The third-order valence-electron chi connectivity index (χ3n) is 2.09. The Kier molecular flexibility index (Phi) is 4.76. The molecule has 1 aromatic rings. The molecule has 94 valence electrons. The lowest BCUT2D eigenvalue weighted by molar-refractivity contribution is -0.112. The SMILES string of the molecule is CC(C)N/C=C(/C#N)C(=O)Nc1ccc(N)cc1. The van der Waals surface area contributed by atoms with Gasteiger partial charge < -0.3 is 16.4 Å². The van der Waals surface area contributed by atoms with E-state index in [1.807, 2.05) is 19.9 Å². The van der Waals surface area contributed by atoms with Gasteiger partial charge in [0.1, 0.15) is 11.6 Å². The summed E-state index contributed by atoms with van der Waals surface area (Å²) in [6, 6.07) is 8.73. The first-order valence-electron chi connectivity index (χ1n) is 5.56. The van der Waals surface area contributed by atoms with Gasteiger partial charge in [-0.1, -0.05) is 0 Å². The molecule has 0 atom stereocenters. The summed E-state index contributed by atoms with van der Waals surface area (Å²) in [5, 5.41) is 14.4. The quantitative estimate of drug-likeness (QED) is 0.426. The Morgan fingerprint density at radius 2 is 2.00 bits per heavy atom. The first kappa shape index (κ1) is 13.6. The van der Waals surface area contributed by atoms with Gasteiger partial charge in [-0.25, -0.2) is 0 Å². The summed E-state index contributed by atoms with van der Waals surface area (Å²) in [5.74, 6) is -0.449. The minimum absolute atomic E-state index is 0.0283. The first-order valence-corrected chi connectivity index (χ1v) is 5.56. The third-order valence-corrected chi connectivity index (χ3v) is 2.09. The molecule has 1 aromatic carbocycles. The maximum atomic E-state index is 11.8. The van der Waals surface area contributed by atoms with E-state index in [4.69, 9.17) is 11.0 Å². The zero-order chi connectivity index (χ0) is 13.5. The molecule has 1 rings (SSSR count). The fraction of sp³-hybridized carbons (Fsp3) is 0.231. The molecule has 4 N–H and O–H groups in total. The number of carbonyl (C=O) groups excluding carboxylic acids is 1. The number of hydrogen-bond donors (Lipinski definition) is 3. The number of nitrogen functional groups attached to an aromatic ring is 1. The molecule has 0 bridgehead atoms. The largest absolute Gasteiger partial charge is 0.399 e. The van der Waals surface area contributed by atoms with E-state index in [2.05, 4.69) is 10.6 Å². The topological polar surface area (TPSA) is 90.9 Å². The van der Waals surface area contributed by atoms with Crippen molar-refractivity contribution in [1.82, 2.24) is 5.32 Å². The van der Waals surface area contributed by atoms with Crippen LogP contribution < -0.4 is 16.4 Å².